The highest BCUT2D eigenvalue weighted by Crippen LogP contribution is 2.41. The molecule has 124 valence electrons. The highest BCUT2D eigenvalue weighted by molar-refractivity contribution is 6.30. The Morgan fingerprint density at radius 2 is 2.13 bits per heavy atom. The van der Waals surface area contributed by atoms with Crippen molar-refractivity contribution in [2.45, 2.75) is 44.2 Å². The van der Waals surface area contributed by atoms with Crippen molar-refractivity contribution in [3.05, 3.63) is 45.3 Å². The van der Waals surface area contributed by atoms with Crippen LogP contribution in [0, 0.1) is 5.92 Å². The van der Waals surface area contributed by atoms with Crippen LogP contribution in [0.3, 0.4) is 0 Å². The molecule has 0 saturated carbocycles. The summed E-state index contributed by atoms with van der Waals surface area (Å²) in [6, 6.07) is 5.91. The van der Waals surface area contributed by atoms with Gasteiger partial charge in [0, 0.05) is 22.5 Å². The van der Waals surface area contributed by atoms with Crippen LogP contribution in [0.1, 0.15) is 38.2 Å². The molecule has 1 aromatic rings. The Bertz CT molecular complexity index is 610. The van der Waals surface area contributed by atoms with Crippen molar-refractivity contribution < 1.29 is 14.6 Å². The standard InChI is InChI=1S/C16H20ClN3O3/c1-16(2)9-11(7-8-23-16)13(14(15(21)22)19-20-18)10-3-5-12(17)6-4-10/h3-6,11,13-14H,7-9H2,1-2H3,(H,21,22)/t11-,13-,14-/m0/s1. The smallest absolute Gasteiger partial charge is 0.313 e. The van der Waals surface area contributed by atoms with Gasteiger partial charge < -0.3 is 9.84 Å². The molecule has 23 heavy (non-hydrogen) atoms. The van der Waals surface area contributed by atoms with Gasteiger partial charge in [-0.15, -0.1) is 0 Å². The molecule has 1 aliphatic heterocycles. The lowest BCUT2D eigenvalue weighted by Crippen LogP contribution is -2.40. The van der Waals surface area contributed by atoms with Crippen molar-refractivity contribution >= 4 is 17.6 Å². The van der Waals surface area contributed by atoms with Crippen molar-refractivity contribution in [3.8, 4) is 0 Å². The molecular weight excluding hydrogens is 318 g/mol. The summed E-state index contributed by atoms with van der Waals surface area (Å²) in [7, 11) is 0. The number of aliphatic carboxylic acids is 1. The first-order chi connectivity index (χ1) is 10.8. The number of ether oxygens (including phenoxy) is 1. The maximum Gasteiger partial charge on any atom is 0.313 e. The van der Waals surface area contributed by atoms with Gasteiger partial charge >= 0.3 is 5.97 Å². The van der Waals surface area contributed by atoms with E-state index in [1.807, 2.05) is 13.8 Å². The summed E-state index contributed by atoms with van der Waals surface area (Å²) in [5.41, 5.74) is 9.27. The third kappa shape index (κ3) is 4.38. The van der Waals surface area contributed by atoms with E-state index in [9.17, 15) is 9.90 Å². The number of carbonyl (C=O) groups is 1. The van der Waals surface area contributed by atoms with Crippen molar-refractivity contribution in [1.29, 1.82) is 0 Å². The second-order valence-corrected chi connectivity index (χ2v) is 6.86. The maximum atomic E-state index is 11.7. The predicted octanol–water partition coefficient (Wildman–Crippen LogP) is 4.39. The molecule has 1 aromatic carbocycles. The van der Waals surface area contributed by atoms with E-state index in [4.69, 9.17) is 21.9 Å². The molecule has 1 heterocycles. The Balaban J connectivity index is 2.43. The van der Waals surface area contributed by atoms with Gasteiger partial charge in [0.2, 0.25) is 0 Å². The zero-order chi connectivity index (χ0) is 17.0. The summed E-state index contributed by atoms with van der Waals surface area (Å²) in [6.07, 6.45) is 1.42. The lowest BCUT2D eigenvalue weighted by atomic mass is 9.73. The average molecular weight is 338 g/mol. The minimum atomic E-state index is -1.15. The molecule has 0 aliphatic carbocycles. The summed E-state index contributed by atoms with van der Waals surface area (Å²) < 4.78 is 5.73. The summed E-state index contributed by atoms with van der Waals surface area (Å²) in [5.74, 6) is -1.48. The van der Waals surface area contributed by atoms with E-state index in [0.29, 0.717) is 18.1 Å². The first-order valence-corrected chi connectivity index (χ1v) is 7.88. The van der Waals surface area contributed by atoms with Crippen LogP contribution in [0.25, 0.3) is 10.4 Å². The topological polar surface area (TPSA) is 95.3 Å². The number of rotatable bonds is 5. The van der Waals surface area contributed by atoms with E-state index in [1.165, 1.54) is 0 Å². The van der Waals surface area contributed by atoms with Crippen LogP contribution >= 0.6 is 11.6 Å². The molecule has 0 amide bonds. The van der Waals surface area contributed by atoms with Crippen molar-refractivity contribution in [3.63, 3.8) is 0 Å². The van der Waals surface area contributed by atoms with Crippen LogP contribution in [0.15, 0.2) is 29.4 Å². The molecule has 0 bridgehead atoms. The van der Waals surface area contributed by atoms with Crippen molar-refractivity contribution in [1.82, 2.24) is 0 Å². The van der Waals surface area contributed by atoms with Crippen molar-refractivity contribution in [2.24, 2.45) is 11.0 Å². The Kier molecular flexibility index (Phi) is 5.52. The number of hydrogen-bond acceptors (Lipinski definition) is 3. The van der Waals surface area contributed by atoms with Gasteiger partial charge in [0.25, 0.3) is 0 Å². The zero-order valence-electron chi connectivity index (χ0n) is 13.1. The van der Waals surface area contributed by atoms with E-state index in [0.717, 1.165) is 12.0 Å². The van der Waals surface area contributed by atoms with Gasteiger partial charge in [0.1, 0.15) is 6.04 Å². The monoisotopic (exact) mass is 337 g/mol. The minimum Gasteiger partial charge on any atom is -0.481 e. The second-order valence-electron chi connectivity index (χ2n) is 6.43. The Labute approximate surface area is 140 Å². The van der Waals surface area contributed by atoms with E-state index >= 15 is 0 Å². The average Bonchev–Trinajstić information content (AvgIpc) is 2.47. The SMILES string of the molecule is CC1(C)C[C@@H]([C@H](c2ccc(Cl)cc2)[C@H](N=[N+]=[N-])C(=O)O)CCO1. The van der Waals surface area contributed by atoms with E-state index in [-0.39, 0.29) is 11.5 Å². The molecule has 2 rings (SSSR count). The first-order valence-electron chi connectivity index (χ1n) is 7.50. The fraction of sp³-hybridized carbons (Fsp3) is 0.562. The summed E-state index contributed by atoms with van der Waals surface area (Å²) in [4.78, 5) is 14.4. The molecule has 1 fully saturated rings. The third-order valence-corrected chi connectivity index (χ3v) is 4.52. The van der Waals surface area contributed by atoms with Crippen LogP contribution in [0.4, 0.5) is 0 Å². The number of hydrogen-bond donors (Lipinski definition) is 1. The molecule has 1 N–H and O–H groups in total. The van der Waals surface area contributed by atoms with Gasteiger partial charge in [-0.3, -0.25) is 4.79 Å². The number of benzene rings is 1. The second kappa shape index (κ2) is 7.21. The van der Waals surface area contributed by atoms with E-state index in [1.54, 1.807) is 24.3 Å². The quantitative estimate of drug-likeness (QED) is 0.490. The molecule has 0 aromatic heterocycles. The van der Waals surface area contributed by atoms with Gasteiger partial charge in [-0.2, -0.15) is 0 Å². The minimum absolute atomic E-state index is 0.0477. The Morgan fingerprint density at radius 1 is 1.48 bits per heavy atom. The van der Waals surface area contributed by atoms with E-state index in [2.05, 4.69) is 10.0 Å². The molecule has 1 saturated heterocycles. The third-order valence-electron chi connectivity index (χ3n) is 4.27. The van der Waals surface area contributed by atoms with Crippen molar-refractivity contribution in [2.75, 3.05) is 6.61 Å². The predicted molar refractivity (Wildman–Crippen MR) is 87.5 cm³/mol. The zero-order valence-corrected chi connectivity index (χ0v) is 13.9. The molecule has 0 unspecified atom stereocenters. The number of nitrogens with zero attached hydrogens (tertiary/aromatic N) is 3. The Hall–Kier alpha value is -1.75. The molecular formula is C16H20ClN3O3. The fourth-order valence-corrected chi connectivity index (χ4v) is 3.44. The van der Waals surface area contributed by atoms with Gasteiger partial charge in [-0.05, 0) is 55.8 Å². The van der Waals surface area contributed by atoms with Gasteiger partial charge in [-0.25, -0.2) is 0 Å². The molecule has 0 spiro atoms. The molecule has 6 nitrogen and oxygen atoms in total. The van der Waals surface area contributed by atoms with Gasteiger partial charge in [0.15, 0.2) is 0 Å². The summed E-state index contributed by atoms with van der Waals surface area (Å²) in [5, 5.41) is 13.7. The van der Waals surface area contributed by atoms with Crippen LogP contribution in [-0.4, -0.2) is 29.3 Å². The highest BCUT2D eigenvalue weighted by Gasteiger charge is 2.40. The maximum absolute atomic E-state index is 11.7. The van der Waals surface area contributed by atoms with Crippen LogP contribution in [-0.2, 0) is 9.53 Å². The lowest BCUT2D eigenvalue weighted by Gasteiger charge is -2.40. The van der Waals surface area contributed by atoms with Crippen LogP contribution in [0.2, 0.25) is 5.02 Å². The molecule has 1 aliphatic rings. The summed E-state index contributed by atoms with van der Waals surface area (Å²) >= 11 is 5.93. The number of carboxylic acids is 1. The van der Waals surface area contributed by atoms with Gasteiger partial charge in [-0.1, -0.05) is 28.8 Å². The first kappa shape index (κ1) is 17.6. The fourth-order valence-electron chi connectivity index (χ4n) is 3.31. The van der Waals surface area contributed by atoms with Crippen LogP contribution in [0.5, 0.6) is 0 Å². The molecule has 0 radical (unpaired) electrons. The number of carboxylic acid groups (broad SMARTS) is 1. The highest BCUT2D eigenvalue weighted by atomic mass is 35.5. The number of azide groups is 1. The number of halogens is 1. The van der Waals surface area contributed by atoms with E-state index < -0.39 is 17.9 Å². The Morgan fingerprint density at radius 3 is 2.65 bits per heavy atom. The largest absolute Gasteiger partial charge is 0.481 e. The molecule has 3 atom stereocenters. The van der Waals surface area contributed by atoms with Gasteiger partial charge in [0.05, 0.1) is 5.60 Å². The molecule has 7 heteroatoms. The summed E-state index contributed by atoms with van der Waals surface area (Å²) in [6.45, 7) is 4.53. The normalized spacial score (nSPS) is 22.7. The van der Waals surface area contributed by atoms with Crippen LogP contribution < -0.4 is 0 Å². The lowest BCUT2D eigenvalue weighted by molar-refractivity contribution is -0.140.